The number of carbonyl (C=O) groups is 1. The summed E-state index contributed by atoms with van der Waals surface area (Å²) in [4.78, 5) is 19.8. The fourth-order valence-corrected chi connectivity index (χ4v) is 3.89. The fraction of sp³-hybridized carbons (Fsp3) is 0.0476. The number of fused-ring (bicyclic) bond motifs is 1. The number of H-pyrrole nitrogens is 1. The van der Waals surface area contributed by atoms with Gasteiger partial charge in [0, 0.05) is 29.0 Å². The van der Waals surface area contributed by atoms with E-state index in [4.69, 9.17) is 0 Å². The van der Waals surface area contributed by atoms with Crippen LogP contribution < -0.4 is 9.46 Å². The van der Waals surface area contributed by atoms with Crippen molar-refractivity contribution >= 4 is 33.5 Å². The van der Waals surface area contributed by atoms with Gasteiger partial charge < -0.3 is 14.4 Å². The van der Waals surface area contributed by atoms with Crippen LogP contribution in [-0.4, -0.2) is 26.3 Å². The Bertz CT molecular complexity index is 1340. The SMILES string of the molecule is O=C(c1cc(NS(=O)c2cccc(OC(F)(F)F)c2)ccc1F)c1c[nH]c2ncccc12. The van der Waals surface area contributed by atoms with Crippen LogP contribution in [0.3, 0.4) is 0 Å². The van der Waals surface area contributed by atoms with Crippen LogP contribution in [0.25, 0.3) is 11.0 Å². The molecule has 0 bridgehead atoms. The first-order valence-corrected chi connectivity index (χ1v) is 10.2. The number of carbonyl (C=O) groups excluding carboxylic acids is 1. The lowest BCUT2D eigenvalue weighted by molar-refractivity contribution is -0.274. The number of nitrogens with zero attached hydrogens (tertiary/aromatic N) is 1. The maximum absolute atomic E-state index is 14.4. The van der Waals surface area contributed by atoms with Gasteiger partial charge in [0.15, 0.2) is 5.78 Å². The van der Waals surface area contributed by atoms with Crippen LogP contribution in [-0.2, 0) is 11.0 Å². The van der Waals surface area contributed by atoms with E-state index in [0.717, 1.165) is 18.2 Å². The van der Waals surface area contributed by atoms with E-state index >= 15 is 0 Å². The first-order chi connectivity index (χ1) is 15.2. The summed E-state index contributed by atoms with van der Waals surface area (Å²) >= 11 is 0. The third-order valence-corrected chi connectivity index (χ3v) is 5.47. The van der Waals surface area contributed by atoms with Crippen molar-refractivity contribution in [2.45, 2.75) is 11.3 Å². The number of rotatable bonds is 6. The summed E-state index contributed by atoms with van der Waals surface area (Å²) in [6.07, 6.45) is -1.93. The Morgan fingerprint density at radius 1 is 1.06 bits per heavy atom. The van der Waals surface area contributed by atoms with Gasteiger partial charge in [0.2, 0.25) is 0 Å². The van der Waals surface area contributed by atoms with Gasteiger partial charge in [-0.05, 0) is 48.5 Å². The predicted molar refractivity (Wildman–Crippen MR) is 109 cm³/mol. The molecule has 11 heteroatoms. The highest BCUT2D eigenvalue weighted by atomic mass is 32.2. The number of hydrogen-bond donors (Lipinski definition) is 2. The maximum Gasteiger partial charge on any atom is 0.573 e. The molecular formula is C21H13F4N3O3S. The van der Waals surface area contributed by atoms with E-state index in [0.29, 0.717) is 11.0 Å². The van der Waals surface area contributed by atoms with E-state index in [-0.39, 0.29) is 21.7 Å². The minimum Gasteiger partial charge on any atom is -0.406 e. The molecule has 2 heterocycles. The molecule has 0 aliphatic carbocycles. The standard InChI is InChI=1S/C21H13F4N3O3S/c22-18-7-6-12(28-32(30)14-4-1-3-13(10-14)31-21(23,24)25)9-16(18)19(29)17-11-27-20-15(17)5-2-8-26-20/h1-11,28H,(H,26,27). The van der Waals surface area contributed by atoms with Gasteiger partial charge in [-0.15, -0.1) is 13.2 Å². The highest BCUT2D eigenvalue weighted by Crippen LogP contribution is 2.26. The van der Waals surface area contributed by atoms with E-state index in [1.165, 1.54) is 30.5 Å². The molecule has 4 aromatic rings. The van der Waals surface area contributed by atoms with E-state index in [1.54, 1.807) is 18.3 Å². The summed E-state index contributed by atoms with van der Waals surface area (Å²) in [6.45, 7) is 0. The largest absolute Gasteiger partial charge is 0.573 e. The molecule has 0 aliphatic heterocycles. The molecule has 1 unspecified atom stereocenters. The van der Waals surface area contributed by atoms with Gasteiger partial charge in [-0.1, -0.05) is 6.07 Å². The molecule has 0 aliphatic rings. The number of benzene rings is 2. The highest BCUT2D eigenvalue weighted by Gasteiger charge is 2.31. The Morgan fingerprint density at radius 2 is 1.88 bits per heavy atom. The van der Waals surface area contributed by atoms with Crippen LogP contribution in [0.4, 0.5) is 23.2 Å². The summed E-state index contributed by atoms with van der Waals surface area (Å²) in [7, 11) is -2.01. The van der Waals surface area contributed by atoms with E-state index in [2.05, 4.69) is 19.4 Å². The quantitative estimate of drug-likeness (QED) is 0.313. The molecule has 0 saturated heterocycles. The van der Waals surface area contributed by atoms with Gasteiger partial charge in [0.25, 0.3) is 0 Å². The second-order valence-electron chi connectivity index (χ2n) is 6.52. The van der Waals surface area contributed by atoms with Crippen LogP contribution in [0, 0.1) is 5.82 Å². The van der Waals surface area contributed by atoms with E-state index in [1.807, 2.05) is 0 Å². The highest BCUT2D eigenvalue weighted by molar-refractivity contribution is 7.86. The normalized spacial score (nSPS) is 12.5. The number of pyridine rings is 1. The predicted octanol–water partition coefficient (Wildman–Crippen LogP) is 4.97. The maximum atomic E-state index is 14.4. The zero-order valence-electron chi connectivity index (χ0n) is 15.9. The van der Waals surface area contributed by atoms with Crippen molar-refractivity contribution in [2.75, 3.05) is 4.72 Å². The van der Waals surface area contributed by atoms with Crippen molar-refractivity contribution in [3.05, 3.63) is 83.9 Å². The summed E-state index contributed by atoms with van der Waals surface area (Å²) in [6, 6.07) is 11.4. The molecule has 0 spiro atoms. The monoisotopic (exact) mass is 463 g/mol. The third kappa shape index (κ3) is 4.62. The molecule has 0 saturated carbocycles. The molecule has 164 valence electrons. The van der Waals surface area contributed by atoms with Gasteiger partial charge in [-0.25, -0.2) is 13.6 Å². The molecule has 6 nitrogen and oxygen atoms in total. The molecule has 2 aromatic heterocycles. The molecule has 4 rings (SSSR count). The third-order valence-electron chi connectivity index (χ3n) is 4.37. The number of hydrogen-bond acceptors (Lipinski definition) is 4. The summed E-state index contributed by atoms with van der Waals surface area (Å²) < 4.78 is 70.6. The van der Waals surface area contributed by atoms with Gasteiger partial charge in [0.1, 0.15) is 28.2 Å². The van der Waals surface area contributed by atoms with E-state index in [9.17, 15) is 26.6 Å². The lowest BCUT2D eigenvalue weighted by atomic mass is 10.0. The van der Waals surface area contributed by atoms with Crippen molar-refractivity contribution in [3.63, 3.8) is 0 Å². The summed E-state index contributed by atoms with van der Waals surface area (Å²) in [5, 5.41) is 0.514. The van der Waals surface area contributed by atoms with Crippen LogP contribution in [0.15, 0.2) is 71.9 Å². The molecule has 1 atom stereocenters. The number of ether oxygens (including phenoxy) is 1. The van der Waals surface area contributed by atoms with Crippen LogP contribution >= 0.6 is 0 Å². The molecule has 0 amide bonds. The molecular weight excluding hydrogens is 450 g/mol. The first-order valence-electron chi connectivity index (χ1n) is 9.02. The van der Waals surface area contributed by atoms with Crippen LogP contribution in [0.2, 0.25) is 0 Å². The molecule has 0 fully saturated rings. The zero-order chi connectivity index (χ0) is 22.9. The minimum atomic E-state index is -4.89. The van der Waals surface area contributed by atoms with Gasteiger partial charge in [-0.2, -0.15) is 0 Å². The molecule has 32 heavy (non-hydrogen) atoms. The minimum absolute atomic E-state index is 0.00773. The van der Waals surface area contributed by atoms with Crippen molar-refractivity contribution in [1.29, 1.82) is 0 Å². The number of aromatic nitrogens is 2. The smallest absolute Gasteiger partial charge is 0.406 e. The second-order valence-corrected chi connectivity index (χ2v) is 7.73. The Balaban J connectivity index is 1.59. The Morgan fingerprint density at radius 3 is 2.66 bits per heavy atom. The average molecular weight is 463 g/mol. The molecule has 2 aromatic carbocycles. The van der Waals surface area contributed by atoms with E-state index < -0.39 is 34.7 Å². The van der Waals surface area contributed by atoms with Gasteiger partial charge in [-0.3, -0.25) is 4.79 Å². The van der Waals surface area contributed by atoms with Crippen molar-refractivity contribution in [3.8, 4) is 5.75 Å². The van der Waals surface area contributed by atoms with Crippen molar-refractivity contribution in [2.24, 2.45) is 0 Å². The lowest BCUT2D eigenvalue weighted by Crippen LogP contribution is -2.17. The average Bonchev–Trinajstić information content (AvgIpc) is 3.18. The Hall–Kier alpha value is -3.73. The second kappa shape index (κ2) is 8.42. The summed E-state index contributed by atoms with van der Waals surface area (Å²) in [5.74, 6) is -1.94. The van der Waals surface area contributed by atoms with Gasteiger partial charge in [0.05, 0.1) is 10.5 Å². The summed E-state index contributed by atoms with van der Waals surface area (Å²) in [5.41, 5.74) is 0.536. The fourth-order valence-electron chi connectivity index (χ4n) is 3.00. The van der Waals surface area contributed by atoms with Crippen LogP contribution in [0.1, 0.15) is 15.9 Å². The number of nitrogens with one attached hydrogen (secondary N) is 2. The molecule has 0 radical (unpaired) electrons. The first kappa shape index (κ1) is 21.5. The number of anilines is 1. The van der Waals surface area contributed by atoms with Gasteiger partial charge >= 0.3 is 6.36 Å². The van der Waals surface area contributed by atoms with Crippen molar-refractivity contribution < 1.29 is 31.3 Å². The molecule has 2 N–H and O–H groups in total. The number of aromatic amines is 1. The number of alkyl halides is 3. The Kier molecular flexibility index (Phi) is 5.66. The van der Waals surface area contributed by atoms with Crippen LogP contribution in [0.5, 0.6) is 5.75 Å². The zero-order valence-corrected chi connectivity index (χ0v) is 16.8. The van der Waals surface area contributed by atoms with Crippen molar-refractivity contribution in [1.82, 2.24) is 9.97 Å². The Labute approximate surface area is 180 Å². The number of ketones is 1. The topological polar surface area (TPSA) is 84.1 Å². The number of halogens is 4. The lowest BCUT2D eigenvalue weighted by Gasteiger charge is -2.11.